The van der Waals surface area contributed by atoms with E-state index in [-0.39, 0.29) is 11.3 Å². The second kappa shape index (κ2) is 5.88. The predicted molar refractivity (Wildman–Crippen MR) is 72.7 cm³/mol. The number of halogens is 3. The van der Waals surface area contributed by atoms with E-state index in [0.717, 1.165) is 0 Å². The van der Waals surface area contributed by atoms with Crippen LogP contribution < -0.4 is 5.32 Å². The van der Waals surface area contributed by atoms with Crippen molar-refractivity contribution in [2.75, 3.05) is 5.32 Å². The summed E-state index contributed by atoms with van der Waals surface area (Å²) in [5.74, 6) is -4.19. The zero-order valence-electron chi connectivity index (χ0n) is 10.4. The number of rotatable bonds is 3. The summed E-state index contributed by atoms with van der Waals surface area (Å²) >= 11 is 5.39. The second-order valence-electron chi connectivity index (χ2n) is 4.05. The molecule has 0 aromatic heterocycles. The van der Waals surface area contributed by atoms with Crippen LogP contribution in [0.15, 0.2) is 36.4 Å². The van der Waals surface area contributed by atoms with Crippen LogP contribution in [0.4, 0.5) is 14.5 Å². The van der Waals surface area contributed by atoms with Crippen molar-refractivity contribution >= 4 is 29.2 Å². The van der Waals surface area contributed by atoms with Gasteiger partial charge in [0.2, 0.25) is 0 Å². The number of amides is 1. The molecule has 0 fully saturated rings. The maximum Gasteiger partial charge on any atom is 0.337 e. The van der Waals surface area contributed by atoms with Gasteiger partial charge in [-0.1, -0.05) is 23.7 Å². The number of carboxylic acid groups (broad SMARTS) is 1. The van der Waals surface area contributed by atoms with E-state index in [1.807, 2.05) is 0 Å². The van der Waals surface area contributed by atoms with Gasteiger partial charge in [-0.3, -0.25) is 4.79 Å². The van der Waals surface area contributed by atoms with E-state index in [1.54, 1.807) is 0 Å². The molecule has 2 aromatic rings. The molecule has 0 unspecified atom stereocenters. The maximum atomic E-state index is 13.6. The molecule has 21 heavy (non-hydrogen) atoms. The Morgan fingerprint density at radius 3 is 2.38 bits per heavy atom. The summed E-state index contributed by atoms with van der Waals surface area (Å²) in [4.78, 5) is 22.9. The van der Waals surface area contributed by atoms with Crippen LogP contribution in [-0.2, 0) is 0 Å². The zero-order chi connectivity index (χ0) is 15.6. The van der Waals surface area contributed by atoms with Crippen molar-refractivity contribution in [1.82, 2.24) is 0 Å². The molecule has 0 bridgehead atoms. The Morgan fingerprint density at radius 1 is 1.05 bits per heavy atom. The Balaban J connectivity index is 2.35. The minimum Gasteiger partial charge on any atom is -0.478 e. The van der Waals surface area contributed by atoms with Crippen molar-refractivity contribution in [2.45, 2.75) is 0 Å². The van der Waals surface area contributed by atoms with Gasteiger partial charge in [-0.15, -0.1) is 0 Å². The second-order valence-corrected chi connectivity index (χ2v) is 4.46. The first-order valence-electron chi connectivity index (χ1n) is 5.68. The normalized spacial score (nSPS) is 10.2. The molecule has 0 aliphatic heterocycles. The van der Waals surface area contributed by atoms with Crippen LogP contribution in [0.3, 0.4) is 0 Å². The highest BCUT2D eigenvalue weighted by Gasteiger charge is 2.18. The van der Waals surface area contributed by atoms with Crippen molar-refractivity contribution in [2.24, 2.45) is 0 Å². The number of benzene rings is 2. The van der Waals surface area contributed by atoms with Gasteiger partial charge in [0.1, 0.15) is 11.6 Å². The van der Waals surface area contributed by atoms with Crippen LogP contribution in [0.25, 0.3) is 0 Å². The van der Waals surface area contributed by atoms with Crippen molar-refractivity contribution < 1.29 is 23.5 Å². The Bertz CT molecular complexity index is 734. The topological polar surface area (TPSA) is 66.4 Å². The van der Waals surface area contributed by atoms with Gasteiger partial charge in [-0.05, 0) is 24.3 Å². The summed E-state index contributed by atoms with van der Waals surface area (Å²) in [6.45, 7) is 0. The lowest BCUT2D eigenvalue weighted by molar-refractivity contribution is 0.0698. The predicted octanol–water partition coefficient (Wildman–Crippen LogP) is 3.57. The summed E-state index contributed by atoms with van der Waals surface area (Å²) in [6.07, 6.45) is 0. The van der Waals surface area contributed by atoms with Crippen LogP contribution >= 0.6 is 11.6 Å². The van der Waals surface area contributed by atoms with E-state index in [1.165, 1.54) is 24.3 Å². The van der Waals surface area contributed by atoms with Crippen LogP contribution in [0.5, 0.6) is 0 Å². The molecule has 0 radical (unpaired) electrons. The van der Waals surface area contributed by atoms with Gasteiger partial charge in [0.15, 0.2) is 0 Å². The van der Waals surface area contributed by atoms with E-state index in [2.05, 4.69) is 5.32 Å². The van der Waals surface area contributed by atoms with Gasteiger partial charge >= 0.3 is 5.97 Å². The minimum absolute atomic E-state index is 0.0234. The van der Waals surface area contributed by atoms with Gasteiger partial charge < -0.3 is 10.4 Å². The van der Waals surface area contributed by atoms with Crippen LogP contribution in [0.1, 0.15) is 20.7 Å². The monoisotopic (exact) mass is 311 g/mol. The van der Waals surface area contributed by atoms with E-state index in [9.17, 15) is 18.4 Å². The molecule has 0 aliphatic carbocycles. The quantitative estimate of drug-likeness (QED) is 0.852. The fourth-order valence-electron chi connectivity index (χ4n) is 1.66. The van der Waals surface area contributed by atoms with E-state index in [4.69, 9.17) is 16.7 Å². The first-order valence-corrected chi connectivity index (χ1v) is 6.06. The molecule has 0 atom stereocenters. The smallest absolute Gasteiger partial charge is 0.337 e. The number of carbonyl (C=O) groups is 2. The number of carboxylic acids is 1. The Labute approximate surface area is 123 Å². The molecular weight excluding hydrogens is 304 g/mol. The number of para-hydroxylation sites is 1. The lowest BCUT2D eigenvalue weighted by Crippen LogP contribution is -2.16. The van der Waals surface area contributed by atoms with Crippen LogP contribution in [0, 0.1) is 11.6 Å². The van der Waals surface area contributed by atoms with Gasteiger partial charge in [-0.2, -0.15) is 0 Å². The molecule has 0 heterocycles. The average molecular weight is 312 g/mol. The Morgan fingerprint density at radius 2 is 1.71 bits per heavy atom. The molecule has 0 aliphatic rings. The van der Waals surface area contributed by atoms with Gasteiger partial charge in [0.05, 0.1) is 21.8 Å². The maximum absolute atomic E-state index is 13.6. The molecule has 2 rings (SSSR count). The molecule has 7 heteroatoms. The largest absolute Gasteiger partial charge is 0.478 e. The van der Waals surface area contributed by atoms with Crippen molar-refractivity contribution in [3.8, 4) is 0 Å². The number of nitrogens with one attached hydrogen (secondary N) is 1. The molecule has 0 saturated heterocycles. The highest BCUT2D eigenvalue weighted by Crippen LogP contribution is 2.21. The summed E-state index contributed by atoms with van der Waals surface area (Å²) in [6, 6.07) is 6.91. The first kappa shape index (κ1) is 14.9. The number of aromatic carboxylic acids is 1. The number of anilines is 1. The van der Waals surface area contributed by atoms with Crippen LogP contribution in [0.2, 0.25) is 5.02 Å². The lowest BCUT2D eigenvalue weighted by atomic mass is 10.1. The summed E-state index contributed by atoms with van der Waals surface area (Å²) in [5, 5.41) is 10.8. The summed E-state index contributed by atoms with van der Waals surface area (Å²) < 4.78 is 26.9. The number of hydrogen-bond donors (Lipinski definition) is 2. The minimum atomic E-state index is -1.26. The van der Waals surface area contributed by atoms with Crippen LogP contribution in [-0.4, -0.2) is 17.0 Å². The third-order valence-corrected chi connectivity index (χ3v) is 2.95. The van der Waals surface area contributed by atoms with Gasteiger partial charge in [-0.25, -0.2) is 13.6 Å². The molecule has 4 nitrogen and oxygen atoms in total. The highest BCUT2D eigenvalue weighted by atomic mass is 35.5. The third kappa shape index (κ3) is 3.17. The third-order valence-electron chi connectivity index (χ3n) is 2.66. The molecule has 1 amide bonds. The fraction of sp³-hybridized carbons (Fsp3) is 0. The number of carbonyl (C=O) groups excluding carboxylic acids is 1. The fourth-order valence-corrected chi connectivity index (χ4v) is 1.82. The van der Waals surface area contributed by atoms with E-state index in [0.29, 0.717) is 12.1 Å². The summed E-state index contributed by atoms with van der Waals surface area (Å²) in [7, 11) is 0. The molecule has 2 N–H and O–H groups in total. The van der Waals surface area contributed by atoms with Crippen molar-refractivity contribution in [3.63, 3.8) is 0 Å². The Hall–Kier alpha value is -2.47. The van der Waals surface area contributed by atoms with Gasteiger partial charge in [0.25, 0.3) is 5.91 Å². The molecule has 108 valence electrons. The van der Waals surface area contributed by atoms with E-state index < -0.39 is 34.1 Å². The Kier molecular flexibility index (Phi) is 4.18. The lowest BCUT2D eigenvalue weighted by Gasteiger charge is -2.09. The summed E-state index contributed by atoms with van der Waals surface area (Å²) in [5.41, 5.74) is -0.762. The van der Waals surface area contributed by atoms with Crippen molar-refractivity contribution in [1.29, 1.82) is 0 Å². The average Bonchev–Trinajstić information content (AvgIpc) is 2.43. The molecular formula is C14H8ClF2NO3. The van der Waals surface area contributed by atoms with Gasteiger partial charge in [0, 0.05) is 0 Å². The first-order chi connectivity index (χ1) is 9.90. The number of hydrogen-bond acceptors (Lipinski definition) is 2. The molecule has 2 aromatic carbocycles. The SMILES string of the molecule is O=C(Nc1ccccc1C(=O)O)c1cc(F)c(Cl)cc1F. The highest BCUT2D eigenvalue weighted by molar-refractivity contribution is 6.30. The molecule has 0 saturated carbocycles. The standard InChI is InChI=1S/C14H8ClF2NO3/c15-9-6-10(16)8(5-11(9)17)13(19)18-12-4-2-1-3-7(12)14(20)21/h1-6H,(H,18,19)(H,20,21). The zero-order valence-corrected chi connectivity index (χ0v) is 11.1. The van der Waals surface area contributed by atoms with Crippen molar-refractivity contribution in [3.05, 3.63) is 64.2 Å². The molecule has 0 spiro atoms. The van der Waals surface area contributed by atoms with E-state index >= 15 is 0 Å².